The number of nitro benzene ring substituents is 1. The first kappa shape index (κ1) is 16.7. The van der Waals surface area contributed by atoms with E-state index < -0.39 is 4.92 Å². The fraction of sp³-hybridized carbons (Fsp3) is 0.211. The summed E-state index contributed by atoms with van der Waals surface area (Å²) >= 11 is 1.34. The number of halogens is 1. The van der Waals surface area contributed by atoms with Crippen LogP contribution in [0.2, 0.25) is 0 Å². The van der Waals surface area contributed by atoms with Crippen molar-refractivity contribution in [3.63, 3.8) is 0 Å². The monoisotopic (exact) mass is 370 g/mol. The van der Waals surface area contributed by atoms with E-state index in [1.807, 2.05) is 4.90 Å². The molecule has 0 atom stereocenters. The standard InChI is InChI=1S/C19H15FN2O3S/c20-14-3-1-12(2-4-14)11-21(15-5-6-15)19(23)18-10-13-9-16(22(24)25)7-8-17(13)26-18/h1-4,7-10,15H,5-6,11H2. The molecule has 1 aliphatic rings. The second-order valence-corrected chi connectivity index (χ2v) is 7.46. The molecule has 1 fully saturated rings. The second kappa shape index (κ2) is 6.49. The van der Waals surface area contributed by atoms with Gasteiger partial charge in [-0.15, -0.1) is 11.3 Å². The van der Waals surface area contributed by atoms with Gasteiger partial charge in [-0.25, -0.2) is 4.39 Å². The molecular weight excluding hydrogens is 355 g/mol. The predicted octanol–water partition coefficient (Wildman–Crippen LogP) is 4.75. The molecule has 0 unspecified atom stereocenters. The van der Waals surface area contributed by atoms with Crippen molar-refractivity contribution in [3.05, 3.63) is 74.9 Å². The third kappa shape index (κ3) is 3.30. The Morgan fingerprint density at radius 1 is 1.19 bits per heavy atom. The Bertz CT molecular complexity index is 996. The number of amides is 1. The molecule has 0 aliphatic heterocycles. The maximum absolute atomic E-state index is 13.1. The highest BCUT2D eigenvalue weighted by Gasteiger charge is 2.33. The number of carbonyl (C=O) groups is 1. The average molecular weight is 370 g/mol. The fourth-order valence-electron chi connectivity index (χ4n) is 2.93. The molecule has 0 N–H and O–H groups in total. The van der Waals surface area contributed by atoms with Crippen molar-refractivity contribution in [2.45, 2.75) is 25.4 Å². The van der Waals surface area contributed by atoms with Crippen LogP contribution in [0.3, 0.4) is 0 Å². The molecule has 26 heavy (non-hydrogen) atoms. The Kier molecular flexibility index (Phi) is 4.16. The molecular formula is C19H15FN2O3S. The van der Waals surface area contributed by atoms with Crippen LogP contribution in [0.4, 0.5) is 10.1 Å². The molecule has 2 aromatic carbocycles. The molecule has 0 radical (unpaired) electrons. The maximum atomic E-state index is 13.1. The molecule has 1 aliphatic carbocycles. The molecule has 0 spiro atoms. The first-order valence-corrected chi connectivity index (χ1v) is 9.06. The summed E-state index contributed by atoms with van der Waals surface area (Å²) in [5, 5.41) is 11.6. The first-order valence-electron chi connectivity index (χ1n) is 8.24. The van der Waals surface area contributed by atoms with Gasteiger partial charge in [0.15, 0.2) is 0 Å². The second-order valence-electron chi connectivity index (χ2n) is 6.38. The van der Waals surface area contributed by atoms with Gasteiger partial charge in [-0.1, -0.05) is 12.1 Å². The molecule has 132 valence electrons. The van der Waals surface area contributed by atoms with E-state index in [2.05, 4.69) is 0 Å². The molecule has 4 rings (SSSR count). The van der Waals surface area contributed by atoms with Crippen LogP contribution < -0.4 is 0 Å². The number of hydrogen-bond acceptors (Lipinski definition) is 4. The van der Waals surface area contributed by atoms with Crippen LogP contribution in [-0.4, -0.2) is 21.8 Å². The molecule has 0 saturated heterocycles. The number of carbonyl (C=O) groups excluding carboxylic acids is 1. The zero-order valence-corrected chi connectivity index (χ0v) is 14.5. The van der Waals surface area contributed by atoms with E-state index in [4.69, 9.17) is 0 Å². The van der Waals surface area contributed by atoms with Gasteiger partial charge in [-0.3, -0.25) is 14.9 Å². The van der Waals surface area contributed by atoms with Gasteiger partial charge in [0.1, 0.15) is 5.82 Å². The minimum atomic E-state index is -0.441. The summed E-state index contributed by atoms with van der Waals surface area (Å²) in [5.41, 5.74) is 0.892. The lowest BCUT2D eigenvalue weighted by Crippen LogP contribution is -2.32. The zero-order chi connectivity index (χ0) is 18.3. The van der Waals surface area contributed by atoms with Crippen LogP contribution >= 0.6 is 11.3 Å². The first-order chi connectivity index (χ1) is 12.5. The molecule has 5 nitrogen and oxygen atoms in total. The number of nitrogens with zero attached hydrogens (tertiary/aromatic N) is 2. The maximum Gasteiger partial charge on any atom is 0.270 e. The van der Waals surface area contributed by atoms with Crippen molar-refractivity contribution < 1.29 is 14.1 Å². The van der Waals surface area contributed by atoms with E-state index in [1.54, 1.807) is 24.3 Å². The Morgan fingerprint density at radius 2 is 1.92 bits per heavy atom. The van der Waals surface area contributed by atoms with E-state index in [1.165, 1.54) is 35.6 Å². The Morgan fingerprint density at radius 3 is 2.58 bits per heavy atom. The van der Waals surface area contributed by atoms with Crippen LogP contribution in [0.5, 0.6) is 0 Å². The number of rotatable bonds is 5. The molecule has 7 heteroatoms. The average Bonchev–Trinajstić information content (AvgIpc) is 3.38. The van der Waals surface area contributed by atoms with Gasteiger partial charge in [-0.05, 0) is 42.7 Å². The van der Waals surface area contributed by atoms with Gasteiger partial charge in [0.2, 0.25) is 0 Å². The summed E-state index contributed by atoms with van der Waals surface area (Å²) in [6.07, 6.45) is 1.92. The number of benzene rings is 2. The minimum absolute atomic E-state index is 0.0136. The normalized spacial score (nSPS) is 13.7. The van der Waals surface area contributed by atoms with E-state index in [0.717, 1.165) is 23.1 Å². The molecule has 1 aromatic heterocycles. The quantitative estimate of drug-likeness (QED) is 0.481. The third-order valence-corrected chi connectivity index (χ3v) is 5.54. The van der Waals surface area contributed by atoms with E-state index >= 15 is 0 Å². The van der Waals surface area contributed by atoms with Crippen molar-refractivity contribution in [2.24, 2.45) is 0 Å². The lowest BCUT2D eigenvalue weighted by molar-refractivity contribution is -0.384. The van der Waals surface area contributed by atoms with E-state index in [9.17, 15) is 19.3 Å². The number of hydrogen-bond donors (Lipinski definition) is 0. The topological polar surface area (TPSA) is 63.4 Å². The highest BCUT2D eigenvalue weighted by atomic mass is 32.1. The Balaban J connectivity index is 1.62. The molecule has 1 saturated carbocycles. The summed E-state index contributed by atoms with van der Waals surface area (Å²) in [4.78, 5) is 25.9. The van der Waals surface area contributed by atoms with Crippen LogP contribution in [-0.2, 0) is 6.54 Å². The predicted molar refractivity (Wildman–Crippen MR) is 97.8 cm³/mol. The Labute approximate surface area is 152 Å². The lowest BCUT2D eigenvalue weighted by Gasteiger charge is -2.22. The zero-order valence-electron chi connectivity index (χ0n) is 13.7. The van der Waals surface area contributed by atoms with Gasteiger partial charge in [0.25, 0.3) is 11.6 Å². The Hall–Kier alpha value is -2.80. The van der Waals surface area contributed by atoms with E-state index in [0.29, 0.717) is 16.8 Å². The smallest absolute Gasteiger partial charge is 0.270 e. The number of fused-ring (bicyclic) bond motifs is 1. The van der Waals surface area contributed by atoms with Gasteiger partial charge >= 0.3 is 0 Å². The summed E-state index contributed by atoms with van der Waals surface area (Å²) in [6, 6.07) is 12.7. The number of non-ortho nitro benzene ring substituents is 1. The lowest BCUT2D eigenvalue weighted by atomic mass is 10.2. The van der Waals surface area contributed by atoms with Crippen molar-refractivity contribution >= 4 is 33.0 Å². The highest BCUT2D eigenvalue weighted by molar-refractivity contribution is 7.20. The fourth-order valence-corrected chi connectivity index (χ4v) is 3.93. The van der Waals surface area contributed by atoms with Crippen molar-refractivity contribution in [1.29, 1.82) is 0 Å². The molecule has 3 aromatic rings. The van der Waals surface area contributed by atoms with Crippen LogP contribution in [0.15, 0.2) is 48.5 Å². The van der Waals surface area contributed by atoms with E-state index in [-0.39, 0.29) is 23.5 Å². The SMILES string of the molecule is O=C(c1cc2cc([N+](=O)[O-])ccc2s1)N(Cc1ccc(F)cc1)C1CC1. The summed E-state index contributed by atoms with van der Waals surface area (Å²) < 4.78 is 13.9. The van der Waals surface area contributed by atoms with Crippen molar-refractivity contribution in [2.75, 3.05) is 0 Å². The van der Waals surface area contributed by atoms with Gasteiger partial charge in [-0.2, -0.15) is 0 Å². The van der Waals surface area contributed by atoms with Gasteiger partial charge in [0, 0.05) is 34.8 Å². The molecule has 0 bridgehead atoms. The number of nitro groups is 1. The van der Waals surface area contributed by atoms with Gasteiger partial charge in [0.05, 0.1) is 9.80 Å². The number of thiophene rings is 1. The van der Waals surface area contributed by atoms with Crippen LogP contribution in [0, 0.1) is 15.9 Å². The van der Waals surface area contributed by atoms with Crippen molar-refractivity contribution in [3.8, 4) is 0 Å². The largest absolute Gasteiger partial charge is 0.331 e. The van der Waals surface area contributed by atoms with Gasteiger partial charge < -0.3 is 4.90 Å². The highest BCUT2D eigenvalue weighted by Crippen LogP contribution is 2.34. The third-order valence-electron chi connectivity index (χ3n) is 4.44. The summed E-state index contributed by atoms with van der Waals surface area (Å²) in [5.74, 6) is -0.384. The molecule has 1 amide bonds. The summed E-state index contributed by atoms with van der Waals surface area (Å²) in [6.45, 7) is 0.429. The summed E-state index contributed by atoms with van der Waals surface area (Å²) in [7, 11) is 0. The molecule has 1 heterocycles. The van der Waals surface area contributed by atoms with Crippen LogP contribution in [0.25, 0.3) is 10.1 Å². The van der Waals surface area contributed by atoms with Crippen LogP contribution in [0.1, 0.15) is 28.1 Å². The minimum Gasteiger partial charge on any atom is -0.331 e. The van der Waals surface area contributed by atoms with Crippen molar-refractivity contribution in [1.82, 2.24) is 4.90 Å².